The van der Waals surface area contributed by atoms with Gasteiger partial charge >= 0.3 is 5.97 Å². The molecule has 1 aromatic heterocycles. The number of carbonyl (C=O) groups excluding carboxylic acids is 1. The molecule has 1 aromatic rings. The molecule has 0 fully saturated rings. The van der Waals surface area contributed by atoms with Gasteiger partial charge in [0.05, 0.1) is 18.4 Å². The van der Waals surface area contributed by atoms with Crippen LogP contribution in [0.25, 0.3) is 0 Å². The van der Waals surface area contributed by atoms with Gasteiger partial charge in [0.2, 0.25) is 0 Å². The van der Waals surface area contributed by atoms with Crippen LogP contribution in [-0.2, 0) is 17.7 Å². The summed E-state index contributed by atoms with van der Waals surface area (Å²) in [5.41, 5.74) is 2.71. The van der Waals surface area contributed by atoms with E-state index in [2.05, 4.69) is 15.0 Å². The number of aromatic nitrogens is 1. The average molecular weight is 229 g/mol. The minimum Gasteiger partial charge on any atom is -0.465 e. The smallest absolute Gasteiger partial charge is 0.339 e. The van der Waals surface area contributed by atoms with Crippen molar-refractivity contribution in [2.45, 2.75) is 13.0 Å². The Hall–Kier alpha value is -1.13. The van der Waals surface area contributed by atoms with Crippen molar-refractivity contribution in [3.8, 4) is 0 Å². The molecule has 0 unspecified atom stereocenters. The molecule has 0 saturated heterocycles. The van der Waals surface area contributed by atoms with Gasteiger partial charge in [-0.2, -0.15) is 0 Å². The van der Waals surface area contributed by atoms with Crippen molar-refractivity contribution in [1.29, 1.82) is 0 Å². The largest absolute Gasteiger partial charge is 0.465 e. The molecule has 1 N–H and O–H groups in total. The third-order valence-corrected chi connectivity index (χ3v) is 2.34. The van der Waals surface area contributed by atoms with Gasteiger partial charge in [0, 0.05) is 12.7 Å². The minimum absolute atomic E-state index is 0. The number of pyridine rings is 1. The van der Waals surface area contributed by atoms with E-state index < -0.39 is 0 Å². The second-order valence-corrected chi connectivity index (χ2v) is 3.25. The molecule has 1 aliphatic heterocycles. The molecule has 0 aromatic carbocycles. The number of esters is 1. The lowest BCUT2D eigenvalue weighted by atomic mass is 10.0. The molecule has 82 valence electrons. The monoisotopic (exact) mass is 228 g/mol. The first-order valence-corrected chi connectivity index (χ1v) is 4.58. The van der Waals surface area contributed by atoms with Gasteiger partial charge in [0.1, 0.15) is 0 Å². The van der Waals surface area contributed by atoms with E-state index in [1.807, 2.05) is 6.07 Å². The highest BCUT2D eigenvalue weighted by molar-refractivity contribution is 5.89. The Bertz CT molecular complexity index is 368. The van der Waals surface area contributed by atoms with E-state index in [1.54, 1.807) is 6.20 Å². The highest BCUT2D eigenvalue weighted by Gasteiger charge is 2.13. The number of nitrogens with one attached hydrogen (secondary N) is 1. The molecule has 4 nitrogen and oxygen atoms in total. The summed E-state index contributed by atoms with van der Waals surface area (Å²) in [6, 6.07) is 1.87. The first kappa shape index (κ1) is 11.9. The highest BCUT2D eigenvalue weighted by atomic mass is 35.5. The fraction of sp³-hybridized carbons (Fsp3) is 0.400. The molecule has 2 rings (SSSR count). The summed E-state index contributed by atoms with van der Waals surface area (Å²) in [7, 11) is 1.38. The number of carbonyl (C=O) groups is 1. The Morgan fingerprint density at radius 1 is 1.60 bits per heavy atom. The zero-order valence-corrected chi connectivity index (χ0v) is 9.26. The van der Waals surface area contributed by atoms with E-state index >= 15 is 0 Å². The maximum atomic E-state index is 11.2. The molecule has 0 saturated carbocycles. The maximum Gasteiger partial charge on any atom is 0.339 e. The molecule has 15 heavy (non-hydrogen) atoms. The van der Waals surface area contributed by atoms with E-state index in [0.29, 0.717) is 5.56 Å². The van der Waals surface area contributed by atoms with Crippen LogP contribution in [0.1, 0.15) is 21.6 Å². The van der Waals surface area contributed by atoms with Gasteiger partial charge in [0.25, 0.3) is 0 Å². The molecule has 1 aliphatic rings. The average Bonchev–Trinajstić information content (AvgIpc) is 2.27. The lowest BCUT2D eigenvalue weighted by Crippen LogP contribution is -2.25. The number of rotatable bonds is 1. The van der Waals surface area contributed by atoms with E-state index in [1.165, 1.54) is 7.11 Å². The van der Waals surface area contributed by atoms with Crippen LogP contribution >= 0.6 is 12.4 Å². The molecule has 0 spiro atoms. The van der Waals surface area contributed by atoms with Gasteiger partial charge in [-0.25, -0.2) is 4.79 Å². The summed E-state index contributed by atoms with van der Waals surface area (Å²) in [4.78, 5) is 15.4. The normalized spacial score (nSPS) is 13.7. The summed E-state index contributed by atoms with van der Waals surface area (Å²) in [5, 5.41) is 3.22. The summed E-state index contributed by atoms with van der Waals surface area (Å²) < 4.78 is 4.63. The van der Waals surface area contributed by atoms with E-state index in [4.69, 9.17) is 0 Å². The van der Waals surface area contributed by atoms with Crippen molar-refractivity contribution in [2.24, 2.45) is 0 Å². The fourth-order valence-electron chi connectivity index (χ4n) is 1.57. The third-order valence-electron chi connectivity index (χ3n) is 2.34. The number of hydrogen-bond acceptors (Lipinski definition) is 4. The molecular formula is C10H13ClN2O2. The molecule has 2 heterocycles. The molecule has 0 bridgehead atoms. The van der Waals surface area contributed by atoms with Crippen LogP contribution < -0.4 is 5.32 Å². The molecule has 0 atom stereocenters. The van der Waals surface area contributed by atoms with Crippen molar-refractivity contribution >= 4 is 18.4 Å². The summed E-state index contributed by atoms with van der Waals surface area (Å²) in [6.07, 6.45) is 2.49. The number of methoxy groups -OCH3 is 1. The third kappa shape index (κ3) is 2.46. The number of fused-ring (bicyclic) bond motifs is 1. The predicted octanol–water partition coefficient (Wildman–Crippen LogP) is 0.936. The second kappa shape index (κ2) is 5.09. The van der Waals surface area contributed by atoms with E-state index in [9.17, 15) is 4.79 Å². The maximum absolute atomic E-state index is 11.2. The van der Waals surface area contributed by atoms with Gasteiger partial charge < -0.3 is 10.1 Å². The summed E-state index contributed by atoms with van der Waals surface area (Å²) in [6.45, 7) is 1.73. The standard InChI is InChI=1S/C10H12N2O2.ClH/c1-14-10(13)8-4-7-2-3-11-6-9(7)12-5-8;/h4-5,11H,2-3,6H2,1H3;1H. The summed E-state index contributed by atoms with van der Waals surface area (Å²) >= 11 is 0. The molecular weight excluding hydrogens is 216 g/mol. The predicted molar refractivity (Wildman–Crippen MR) is 58.2 cm³/mol. The molecule has 0 aliphatic carbocycles. The van der Waals surface area contributed by atoms with Crippen LogP contribution in [0.4, 0.5) is 0 Å². The van der Waals surface area contributed by atoms with Crippen molar-refractivity contribution < 1.29 is 9.53 Å². The van der Waals surface area contributed by atoms with Gasteiger partial charge in [-0.15, -0.1) is 12.4 Å². The van der Waals surface area contributed by atoms with E-state index in [-0.39, 0.29) is 18.4 Å². The fourth-order valence-corrected chi connectivity index (χ4v) is 1.57. The van der Waals surface area contributed by atoms with Crippen LogP contribution in [0.2, 0.25) is 0 Å². The Balaban J connectivity index is 0.00000112. The lowest BCUT2D eigenvalue weighted by Gasteiger charge is -2.16. The number of hydrogen-bond donors (Lipinski definition) is 1. The quantitative estimate of drug-likeness (QED) is 0.727. The SMILES string of the molecule is COC(=O)c1cnc2c(c1)CCNC2.Cl. The van der Waals surface area contributed by atoms with Crippen LogP contribution in [0, 0.1) is 0 Å². The van der Waals surface area contributed by atoms with Crippen LogP contribution in [0.5, 0.6) is 0 Å². The Labute approximate surface area is 94.4 Å². The number of ether oxygens (including phenoxy) is 1. The van der Waals surface area contributed by atoms with Gasteiger partial charge in [-0.3, -0.25) is 4.98 Å². The van der Waals surface area contributed by atoms with Gasteiger partial charge in [-0.05, 0) is 24.6 Å². The van der Waals surface area contributed by atoms with Gasteiger partial charge in [-0.1, -0.05) is 0 Å². The van der Waals surface area contributed by atoms with Gasteiger partial charge in [0.15, 0.2) is 0 Å². The molecule has 0 amide bonds. The van der Waals surface area contributed by atoms with Crippen molar-refractivity contribution in [2.75, 3.05) is 13.7 Å². The van der Waals surface area contributed by atoms with E-state index in [0.717, 1.165) is 30.8 Å². The first-order chi connectivity index (χ1) is 6.81. The van der Waals surface area contributed by atoms with Crippen molar-refractivity contribution in [1.82, 2.24) is 10.3 Å². The number of halogens is 1. The van der Waals surface area contributed by atoms with Crippen LogP contribution in [0.3, 0.4) is 0 Å². The zero-order chi connectivity index (χ0) is 9.97. The molecule has 5 heteroatoms. The highest BCUT2D eigenvalue weighted by Crippen LogP contribution is 2.13. The Kier molecular flexibility index (Phi) is 4.05. The van der Waals surface area contributed by atoms with Crippen molar-refractivity contribution in [3.05, 3.63) is 29.1 Å². The van der Waals surface area contributed by atoms with Crippen LogP contribution in [-0.4, -0.2) is 24.6 Å². The lowest BCUT2D eigenvalue weighted by molar-refractivity contribution is 0.0600. The summed E-state index contributed by atoms with van der Waals surface area (Å²) in [5.74, 6) is -0.321. The zero-order valence-electron chi connectivity index (χ0n) is 8.45. The number of nitrogens with zero attached hydrogens (tertiary/aromatic N) is 1. The Morgan fingerprint density at radius 3 is 3.13 bits per heavy atom. The van der Waals surface area contributed by atoms with Crippen LogP contribution in [0.15, 0.2) is 12.3 Å². The van der Waals surface area contributed by atoms with Crippen molar-refractivity contribution in [3.63, 3.8) is 0 Å². The second-order valence-electron chi connectivity index (χ2n) is 3.25. The minimum atomic E-state index is -0.321. The molecule has 0 radical (unpaired) electrons. The Morgan fingerprint density at radius 2 is 2.40 bits per heavy atom. The topological polar surface area (TPSA) is 51.2 Å². The first-order valence-electron chi connectivity index (χ1n) is 4.58.